The van der Waals surface area contributed by atoms with Gasteiger partial charge >= 0.3 is 5.69 Å². The lowest BCUT2D eigenvalue weighted by atomic mass is 10.1. The summed E-state index contributed by atoms with van der Waals surface area (Å²) in [6.45, 7) is 3.45. The van der Waals surface area contributed by atoms with Gasteiger partial charge in [0.05, 0.1) is 22.0 Å². The maximum atomic E-state index is 12.2. The van der Waals surface area contributed by atoms with Gasteiger partial charge < -0.3 is 5.32 Å². The van der Waals surface area contributed by atoms with Gasteiger partial charge in [-0.3, -0.25) is 20.0 Å². The van der Waals surface area contributed by atoms with Crippen LogP contribution in [0.2, 0.25) is 5.02 Å². The number of nitrogens with zero attached hydrogens (tertiary/aromatic N) is 2. The van der Waals surface area contributed by atoms with Crippen molar-refractivity contribution in [3.8, 4) is 0 Å². The highest BCUT2D eigenvalue weighted by Gasteiger charge is 2.24. The number of nitrogens with one attached hydrogen (secondary N) is 2. The average Bonchev–Trinajstić information content (AvgIpc) is 2.69. The molecule has 0 aliphatic rings. The number of halogens is 1. The molecule has 0 atom stereocenters. The summed E-state index contributed by atoms with van der Waals surface area (Å²) in [5.41, 5.74) is 1.26. The summed E-state index contributed by atoms with van der Waals surface area (Å²) in [4.78, 5) is 22.5. The Labute approximate surface area is 119 Å². The normalized spacial score (nSPS) is 10.3. The van der Waals surface area contributed by atoms with E-state index in [1.807, 2.05) is 0 Å². The maximum Gasteiger partial charge on any atom is 0.300 e. The van der Waals surface area contributed by atoms with Gasteiger partial charge in [0.1, 0.15) is 10.6 Å². The van der Waals surface area contributed by atoms with Crippen LogP contribution >= 0.6 is 11.6 Å². The number of rotatable bonds is 3. The Morgan fingerprint density at radius 2 is 2.15 bits per heavy atom. The highest BCUT2D eigenvalue weighted by Crippen LogP contribution is 2.29. The van der Waals surface area contributed by atoms with Gasteiger partial charge in [-0.05, 0) is 26.0 Å². The molecule has 2 rings (SSSR count). The first-order valence-corrected chi connectivity index (χ1v) is 6.05. The first kappa shape index (κ1) is 14.0. The molecule has 104 valence electrons. The van der Waals surface area contributed by atoms with E-state index in [4.69, 9.17) is 11.6 Å². The summed E-state index contributed by atoms with van der Waals surface area (Å²) in [5, 5.41) is 20.2. The molecule has 0 spiro atoms. The number of aryl methyl sites for hydroxylation is 2. The SMILES string of the molecule is Cc1n[nH]c(C)c1NC(=O)c1cccc(Cl)c1[N+](=O)[O-]. The number of aromatic nitrogens is 2. The quantitative estimate of drug-likeness (QED) is 0.671. The lowest BCUT2D eigenvalue weighted by Gasteiger charge is -2.06. The summed E-state index contributed by atoms with van der Waals surface area (Å²) in [6.07, 6.45) is 0. The van der Waals surface area contributed by atoms with Crippen LogP contribution in [0, 0.1) is 24.0 Å². The number of anilines is 1. The monoisotopic (exact) mass is 294 g/mol. The third kappa shape index (κ3) is 2.48. The van der Waals surface area contributed by atoms with E-state index in [0.29, 0.717) is 17.1 Å². The van der Waals surface area contributed by atoms with Crippen molar-refractivity contribution in [2.75, 3.05) is 5.32 Å². The number of hydrogen-bond donors (Lipinski definition) is 2. The van der Waals surface area contributed by atoms with Crippen LogP contribution in [0.4, 0.5) is 11.4 Å². The fourth-order valence-corrected chi connectivity index (χ4v) is 2.04. The molecule has 0 bridgehead atoms. The fourth-order valence-electron chi connectivity index (χ4n) is 1.80. The average molecular weight is 295 g/mol. The summed E-state index contributed by atoms with van der Waals surface area (Å²) in [5.74, 6) is -0.605. The van der Waals surface area contributed by atoms with Crippen molar-refractivity contribution >= 4 is 28.9 Å². The van der Waals surface area contributed by atoms with Crippen LogP contribution in [0.1, 0.15) is 21.7 Å². The standard InChI is InChI=1S/C12H11ClN4O3/c1-6-10(7(2)16-15-6)14-12(18)8-4-3-5-9(13)11(8)17(19)20/h3-5H,1-2H3,(H,14,18)(H,15,16). The first-order chi connectivity index (χ1) is 9.41. The number of carbonyl (C=O) groups excluding carboxylic acids is 1. The minimum atomic E-state index is -0.674. The Kier molecular flexibility index (Phi) is 3.71. The molecule has 7 nitrogen and oxygen atoms in total. The molecule has 0 saturated heterocycles. The minimum Gasteiger partial charge on any atom is -0.319 e. The molecule has 2 N–H and O–H groups in total. The fraction of sp³-hybridized carbons (Fsp3) is 0.167. The second-order valence-corrected chi connectivity index (χ2v) is 4.56. The minimum absolute atomic E-state index is 0.0803. The number of nitro benzene ring substituents is 1. The maximum absolute atomic E-state index is 12.2. The van der Waals surface area contributed by atoms with E-state index in [2.05, 4.69) is 15.5 Å². The van der Waals surface area contributed by atoms with Gasteiger partial charge in [0.2, 0.25) is 0 Å². The summed E-state index contributed by atoms with van der Waals surface area (Å²) in [6, 6.07) is 4.20. The van der Waals surface area contributed by atoms with Gasteiger partial charge in [-0.2, -0.15) is 5.10 Å². The predicted molar refractivity (Wildman–Crippen MR) is 74.1 cm³/mol. The summed E-state index contributed by atoms with van der Waals surface area (Å²) >= 11 is 5.77. The van der Waals surface area contributed by atoms with Crippen LogP contribution in [-0.4, -0.2) is 21.0 Å². The van der Waals surface area contributed by atoms with Crippen LogP contribution in [0.15, 0.2) is 18.2 Å². The highest BCUT2D eigenvalue weighted by atomic mass is 35.5. The molecule has 0 radical (unpaired) electrons. The van der Waals surface area contributed by atoms with E-state index in [1.54, 1.807) is 13.8 Å². The summed E-state index contributed by atoms with van der Waals surface area (Å²) in [7, 11) is 0. The number of carbonyl (C=O) groups is 1. The Hall–Kier alpha value is -2.41. The van der Waals surface area contributed by atoms with E-state index in [0.717, 1.165) is 0 Å². The lowest BCUT2D eigenvalue weighted by Crippen LogP contribution is -2.15. The third-order valence-electron chi connectivity index (χ3n) is 2.78. The van der Waals surface area contributed by atoms with Crippen molar-refractivity contribution in [3.63, 3.8) is 0 Å². The number of benzene rings is 1. The number of aromatic amines is 1. The number of hydrogen-bond acceptors (Lipinski definition) is 4. The van der Waals surface area contributed by atoms with Gasteiger partial charge in [0, 0.05) is 0 Å². The molecular weight excluding hydrogens is 284 g/mol. The molecule has 8 heteroatoms. The molecule has 1 amide bonds. The zero-order valence-corrected chi connectivity index (χ0v) is 11.5. The Morgan fingerprint density at radius 1 is 1.45 bits per heavy atom. The van der Waals surface area contributed by atoms with Gasteiger partial charge in [0.25, 0.3) is 5.91 Å². The molecule has 0 aliphatic carbocycles. The smallest absolute Gasteiger partial charge is 0.300 e. The molecule has 0 unspecified atom stereocenters. The first-order valence-electron chi connectivity index (χ1n) is 5.67. The van der Waals surface area contributed by atoms with E-state index < -0.39 is 16.5 Å². The molecular formula is C12H11ClN4O3. The van der Waals surface area contributed by atoms with Crippen LogP contribution in [0.3, 0.4) is 0 Å². The molecule has 1 aromatic carbocycles. The Balaban J connectivity index is 2.40. The molecule has 0 saturated carbocycles. The van der Waals surface area contributed by atoms with Crippen LogP contribution in [0.5, 0.6) is 0 Å². The van der Waals surface area contributed by atoms with E-state index in [9.17, 15) is 14.9 Å². The van der Waals surface area contributed by atoms with Crippen LogP contribution in [0.25, 0.3) is 0 Å². The Morgan fingerprint density at radius 3 is 2.70 bits per heavy atom. The molecule has 1 heterocycles. The van der Waals surface area contributed by atoms with E-state index in [-0.39, 0.29) is 10.6 Å². The molecule has 2 aromatic rings. The van der Waals surface area contributed by atoms with Gasteiger partial charge in [-0.25, -0.2) is 0 Å². The van der Waals surface area contributed by atoms with Gasteiger partial charge in [0.15, 0.2) is 0 Å². The molecule has 0 aliphatic heterocycles. The van der Waals surface area contributed by atoms with E-state index >= 15 is 0 Å². The van der Waals surface area contributed by atoms with Crippen molar-refractivity contribution in [1.29, 1.82) is 0 Å². The van der Waals surface area contributed by atoms with Gasteiger partial charge in [-0.15, -0.1) is 0 Å². The van der Waals surface area contributed by atoms with Crippen molar-refractivity contribution < 1.29 is 9.72 Å². The number of nitro groups is 1. The van der Waals surface area contributed by atoms with Gasteiger partial charge in [-0.1, -0.05) is 17.7 Å². The lowest BCUT2D eigenvalue weighted by molar-refractivity contribution is -0.385. The largest absolute Gasteiger partial charge is 0.319 e. The molecule has 0 fully saturated rings. The van der Waals surface area contributed by atoms with Crippen molar-refractivity contribution in [3.05, 3.63) is 50.3 Å². The third-order valence-corrected chi connectivity index (χ3v) is 3.09. The summed E-state index contributed by atoms with van der Waals surface area (Å²) < 4.78 is 0. The predicted octanol–water partition coefficient (Wildman–Crippen LogP) is 2.84. The van der Waals surface area contributed by atoms with Crippen molar-refractivity contribution in [2.45, 2.75) is 13.8 Å². The zero-order chi connectivity index (χ0) is 14.9. The van der Waals surface area contributed by atoms with Crippen LogP contribution in [-0.2, 0) is 0 Å². The highest BCUT2D eigenvalue weighted by molar-refractivity contribution is 6.33. The Bertz CT molecular complexity index is 677. The van der Waals surface area contributed by atoms with Crippen molar-refractivity contribution in [2.24, 2.45) is 0 Å². The van der Waals surface area contributed by atoms with Crippen LogP contribution < -0.4 is 5.32 Å². The second-order valence-electron chi connectivity index (χ2n) is 4.16. The zero-order valence-electron chi connectivity index (χ0n) is 10.7. The van der Waals surface area contributed by atoms with E-state index in [1.165, 1.54) is 18.2 Å². The number of H-pyrrole nitrogens is 1. The number of amides is 1. The van der Waals surface area contributed by atoms with Crippen molar-refractivity contribution in [1.82, 2.24) is 10.2 Å². The topological polar surface area (TPSA) is 101 Å². The molecule has 1 aromatic heterocycles. The molecule has 20 heavy (non-hydrogen) atoms. The second kappa shape index (κ2) is 5.30. The number of para-hydroxylation sites is 1.